The Balaban J connectivity index is 2.45. The minimum atomic E-state index is -1.01. The second kappa shape index (κ2) is 5.10. The fourth-order valence-electron chi connectivity index (χ4n) is 0.807. The summed E-state index contributed by atoms with van der Waals surface area (Å²) >= 11 is 1.42. The highest BCUT2D eigenvalue weighted by molar-refractivity contribution is 7.87. The van der Waals surface area contributed by atoms with Gasteiger partial charge in [0.15, 0.2) is 4.34 Å². The first-order chi connectivity index (χ1) is 6.24. The number of hydrogen-bond donors (Lipinski definition) is 0. The molecule has 0 aliphatic heterocycles. The molecule has 3 nitrogen and oxygen atoms in total. The Morgan fingerprint density at radius 2 is 2.54 bits per heavy atom. The molecular formula is C8H10N2OS2. The van der Waals surface area contributed by atoms with Crippen molar-refractivity contribution in [1.82, 2.24) is 4.98 Å². The molecule has 70 valence electrons. The zero-order valence-corrected chi connectivity index (χ0v) is 8.95. The second-order valence-corrected chi connectivity index (χ2v) is 5.17. The Bertz CT molecular complexity index is 340. The molecule has 1 atom stereocenters. The molecule has 0 radical (unpaired) electrons. The van der Waals surface area contributed by atoms with Crippen molar-refractivity contribution in [2.75, 3.05) is 5.75 Å². The highest BCUT2D eigenvalue weighted by Crippen LogP contribution is 2.14. The molecule has 0 aliphatic carbocycles. The van der Waals surface area contributed by atoms with Crippen LogP contribution in [-0.4, -0.2) is 14.9 Å². The molecule has 13 heavy (non-hydrogen) atoms. The molecule has 0 unspecified atom stereocenters. The topological polar surface area (TPSA) is 53.8 Å². The number of unbranched alkanes of at least 4 members (excludes halogenated alkanes) is 1. The summed E-state index contributed by atoms with van der Waals surface area (Å²) in [6, 6.07) is 2.03. The van der Waals surface area contributed by atoms with Gasteiger partial charge in [0.2, 0.25) is 0 Å². The van der Waals surface area contributed by atoms with Crippen molar-refractivity contribution >= 4 is 22.1 Å². The van der Waals surface area contributed by atoms with Crippen molar-refractivity contribution in [3.63, 3.8) is 0 Å². The van der Waals surface area contributed by atoms with Gasteiger partial charge in [0.1, 0.15) is 0 Å². The molecule has 0 spiro atoms. The lowest BCUT2D eigenvalue weighted by molar-refractivity contribution is 0.680. The predicted octanol–water partition coefficient (Wildman–Crippen LogP) is 1.86. The van der Waals surface area contributed by atoms with Crippen molar-refractivity contribution in [2.24, 2.45) is 0 Å². The number of nitrogens with zero attached hydrogens (tertiary/aromatic N) is 2. The smallest absolute Gasteiger partial charge is 0.180 e. The van der Waals surface area contributed by atoms with Gasteiger partial charge in [-0.25, -0.2) is 4.98 Å². The van der Waals surface area contributed by atoms with Gasteiger partial charge in [0, 0.05) is 23.2 Å². The lowest BCUT2D eigenvalue weighted by atomic mass is 10.4. The number of aryl methyl sites for hydroxylation is 1. The van der Waals surface area contributed by atoms with Gasteiger partial charge in [-0.2, -0.15) is 5.26 Å². The number of thiazole rings is 1. The molecule has 1 rings (SSSR count). The summed E-state index contributed by atoms with van der Waals surface area (Å²) in [6.45, 7) is 1.88. The van der Waals surface area contributed by atoms with Crippen LogP contribution in [0.2, 0.25) is 0 Å². The van der Waals surface area contributed by atoms with Crippen molar-refractivity contribution < 1.29 is 4.21 Å². The van der Waals surface area contributed by atoms with Gasteiger partial charge in [-0.3, -0.25) is 4.21 Å². The van der Waals surface area contributed by atoms with Crippen LogP contribution in [0.4, 0.5) is 0 Å². The Hall–Kier alpha value is -0.730. The lowest BCUT2D eigenvalue weighted by Crippen LogP contribution is -1.97. The number of aromatic nitrogens is 1. The van der Waals surface area contributed by atoms with Crippen molar-refractivity contribution in [3.05, 3.63) is 11.1 Å². The molecule has 1 heterocycles. The average Bonchev–Trinajstić information content (AvgIpc) is 2.52. The van der Waals surface area contributed by atoms with E-state index in [0.29, 0.717) is 22.9 Å². The molecule has 0 aliphatic rings. The Kier molecular flexibility index (Phi) is 4.06. The van der Waals surface area contributed by atoms with Crippen LogP contribution in [0.15, 0.2) is 9.72 Å². The third-order valence-corrected chi connectivity index (χ3v) is 4.15. The van der Waals surface area contributed by atoms with Gasteiger partial charge in [-0.15, -0.1) is 11.3 Å². The van der Waals surface area contributed by atoms with Gasteiger partial charge in [0.25, 0.3) is 0 Å². The zero-order valence-electron chi connectivity index (χ0n) is 7.32. The summed E-state index contributed by atoms with van der Waals surface area (Å²) < 4.78 is 12.2. The molecule has 1 aromatic heterocycles. The third kappa shape index (κ3) is 3.25. The largest absolute Gasteiger partial charge is 0.252 e. The summed E-state index contributed by atoms with van der Waals surface area (Å²) in [5.41, 5.74) is 0.911. The quantitative estimate of drug-likeness (QED) is 0.719. The van der Waals surface area contributed by atoms with Crippen LogP contribution in [0.5, 0.6) is 0 Å². The molecule has 0 fully saturated rings. The first kappa shape index (κ1) is 10.4. The first-order valence-corrected chi connectivity index (χ1v) is 6.11. The van der Waals surface area contributed by atoms with Crippen LogP contribution >= 0.6 is 11.3 Å². The van der Waals surface area contributed by atoms with E-state index in [1.165, 1.54) is 11.3 Å². The maximum Gasteiger partial charge on any atom is 0.180 e. The SMILES string of the molecule is Cc1csc([S@](=O)CCCC#N)n1. The molecule has 0 amide bonds. The second-order valence-electron chi connectivity index (χ2n) is 2.57. The monoisotopic (exact) mass is 214 g/mol. The number of hydrogen-bond acceptors (Lipinski definition) is 4. The van der Waals surface area contributed by atoms with Gasteiger partial charge in [-0.1, -0.05) is 0 Å². The van der Waals surface area contributed by atoms with E-state index < -0.39 is 10.8 Å². The van der Waals surface area contributed by atoms with E-state index >= 15 is 0 Å². The molecule has 0 bridgehead atoms. The maximum atomic E-state index is 11.5. The van der Waals surface area contributed by atoms with Crippen LogP contribution in [0.1, 0.15) is 18.5 Å². The molecule has 1 aromatic rings. The average molecular weight is 214 g/mol. The van der Waals surface area contributed by atoms with E-state index in [1.54, 1.807) is 0 Å². The van der Waals surface area contributed by atoms with E-state index in [0.717, 1.165) is 5.69 Å². The van der Waals surface area contributed by atoms with Crippen molar-refractivity contribution in [2.45, 2.75) is 24.1 Å². The summed E-state index contributed by atoms with van der Waals surface area (Å²) in [4.78, 5) is 4.12. The third-order valence-electron chi connectivity index (χ3n) is 1.41. The summed E-state index contributed by atoms with van der Waals surface area (Å²) in [7, 11) is -1.01. The van der Waals surface area contributed by atoms with Crippen molar-refractivity contribution in [3.8, 4) is 6.07 Å². The van der Waals surface area contributed by atoms with Crippen LogP contribution in [0, 0.1) is 18.3 Å². The standard InChI is InChI=1S/C8H10N2OS2/c1-7-6-12-8(10-7)13(11)5-3-2-4-9/h6H,2-3,5H2,1H3/t13-/m1/s1. The molecule has 0 saturated heterocycles. The molecule has 0 N–H and O–H groups in total. The number of rotatable bonds is 4. The Morgan fingerprint density at radius 3 is 3.08 bits per heavy atom. The first-order valence-electron chi connectivity index (χ1n) is 3.91. The molecular weight excluding hydrogens is 204 g/mol. The lowest BCUT2D eigenvalue weighted by Gasteiger charge is -1.93. The van der Waals surface area contributed by atoms with E-state index in [1.807, 2.05) is 18.4 Å². The van der Waals surface area contributed by atoms with E-state index in [2.05, 4.69) is 4.98 Å². The van der Waals surface area contributed by atoms with Crippen molar-refractivity contribution in [1.29, 1.82) is 5.26 Å². The van der Waals surface area contributed by atoms with Crippen LogP contribution in [0.3, 0.4) is 0 Å². The molecule has 5 heteroatoms. The minimum Gasteiger partial charge on any atom is -0.252 e. The highest BCUT2D eigenvalue weighted by Gasteiger charge is 2.06. The Labute approximate surface area is 83.9 Å². The van der Waals surface area contributed by atoms with E-state index in [9.17, 15) is 4.21 Å². The summed E-state index contributed by atoms with van der Waals surface area (Å²) in [5, 5.41) is 10.2. The summed E-state index contributed by atoms with van der Waals surface area (Å²) in [6.07, 6.45) is 1.15. The van der Waals surface area contributed by atoms with Gasteiger partial charge >= 0.3 is 0 Å². The normalized spacial score (nSPS) is 12.3. The van der Waals surface area contributed by atoms with Gasteiger partial charge < -0.3 is 0 Å². The van der Waals surface area contributed by atoms with Crippen LogP contribution < -0.4 is 0 Å². The van der Waals surface area contributed by atoms with Crippen LogP contribution in [0.25, 0.3) is 0 Å². The highest BCUT2D eigenvalue weighted by atomic mass is 32.2. The van der Waals surface area contributed by atoms with Gasteiger partial charge in [0.05, 0.1) is 16.9 Å². The van der Waals surface area contributed by atoms with Crippen LogP contribution in [-0.2, 0) is 10.8 Å². The Morgan fingerprint density at radius 1 is 1.77 bits per heavy atom. The minimum absolute atomic E-state index is 0.468. The van der Waals surface area contributed by atoms with E-state index in [4.69, 9.17) is 5.26 Å². The maximum absolute atomic E-state index is 11.5. The van der Waals surface area contributed by atoms with E-state index in [-0.39, 0.29) is 0 Å². The number of nitriles is 1. The fourth-order valence-corrected chi connectivity index (χ4v) is 2.98. The fraction of sp³-hybridized carbons (Fsp3) is 0.500. The molecule has 0 saturated carbocycles. The van der Waals surface area contributed by atoms with Gasteiger partial charge in [-0.05, 0) is 13.3 Å². The molecule has 0 aromatic carbocycles. The predicted molar refractivity (Wildman–Crippen MR) is 53.0 cm³/mol. The summed E-state index contributed by atoms with van der Waals surface area (Å²) in [5.74, 6) is 0.542. The zero-order chi connectivity index (χ0) is 9.68.